The molecule has 160 valence electrons. The number of hydrogen-bond donors (Lipinski definition) is 1. The maximum Gasteiger partial charge on any atom is 0.254 e. The molecule has 29 heavy (non-hydrogen) atoms. The first-order valence-corrected chi connectivity index (χ1v) is 11.8. The summed E-state index contributed by atoms with van der Waals surface area (Å²) in [5.41, 5.74) is 1.21. The third-order valence-corrected chi connectivity index (χ3v) is 7.99. The molecule has 0 radical (unpaired) electrons. The van der Waals surface area contributed by atoms with Crippen LogP contribution in [0.1, 0.15) is 61.9 Å². The zero-order chi connectivity index (χ0) is 21.2. The first-order chi connectivity index (χ1) is 13.7. The van der Waals surface area contributed by atoms with Crippen molar-refractivity contribution in [1.29, 1.82) is 0 Å². The number of amides is 2. The van der Waals surface area contributed by atoms with Crippen molar-refractivity contribution in [3.05, 3.63) is 29.3 Å². The van der Waals surface area contributed by atoms with Gasteiger partial charge in [0, 0.05) is 44.2 Å². The summed E-state index contributed by atoms with van der Waals surface area (Å²) in [6.07, 6.45) is 4.17. The number of benzene rings is 1. The molecular formula is C21H31N3O4S. The van der Waals surface area contributed by atoms with E-state index in [1.165, 1.54) is 13.0 Å². The Kier molecular flexibility index (Phi) is 6.63. The van der Waals surface area contributed by atoms with Crippen LogP contribution in [-0.4, -0.2) is 61.2 Å². The largest absolute Gasteiger partial charge is 0.353 e. The van der Waals surface area contributed by atoms with E-state index in [4.69, 9.17) is 0 Å². The first-order valence-electron chi connectivity index (χ1n) is 10.4. The molecule has 0 spiro atoms. The van der Waals surface area contributed by atoms with Crippen LogP contribution in [-0.2, 0) is 14.8 Å². The standard InChI is InChI=1S/C21H31N3O4S/c1-15-7-8-19(29(27,28)24-11-5-4-6-16(24)2)14-20(15)21(26)23-12-9-18(10-13-23)22-17(3)25/h7-8,14,16,18H,4-6,9-13H2,1-3H3,(H,22,25). The number of nitrogens with zero attached hydrogens (tertiary/aromatic N) is 2. The monoisotopic (exact) mass is 421 g/mol. The van der Waals surface area contributed by atoms with Crippen molar-refractivity contribution >= 4 is 21.8 Å². The molecule has 0 aliphatic carbocycles. The van der Waals surface area contributed by atoms with Gasteiger partial charge < -0.3 is 10.2 Å². The SMILES string of the molecule is CC(=O)NC1CCN(C(=O)c2cc(S(=O)(=O)N3CCCCC3C)ccc2C)CC1. The number of hydrogen-bond acceptors (Lipinski definition) is 4. The predicted octanol–water partition coefficient (Wildman–Crippen LogP) is 2.30. The summed E-state index contributed by atoms with van der Waals surface area (Å²) in [6, 6.07) is 4.92. The summed E-state index contributed by atoms with van der Waals surface area (Å²) in [6.45, 7) is 6.88. The minimum atomic E-state index is -3.62. The predicted molar refractivity (Wildman–Crippen MR) is 111 cm³/mol. The summed E-state index contributed by atoms with van der Waals surface area (Å²) in [4.78, 5) is 26.3. The Morgan fingerprint density at radius 2 is 1.76 bits per heavy atom. The molecule has 8 heteroatoms. The molecule has 0 aromatic heterocycles. The lowest BCUT2D eigenvalue weighted by molar-refractivity contribution is -0.119. The molecule has 3 rings (SSSR count). The summed E-state index contributed by atoms with van der Waals surface area (Å²) >= 11 is 0. The highest BCUT2D eigenvalue weighted by Crippen LogP contribution is 2.27. The minimum absolute atomic E-state index is 0.0259. The van der Waals surface area contributed by atoms with Gasteiger partial charge >= 0.3 is 0 Å². The molecule has 2 aliphatic rings. The molecule has 1 aromatic rings. The van der Waals surface area contributed by atoms with E-state index in [1.807, 2.05) is 13.8 Å². The van der Waals surface area contributed by atoms with Crippen LogP contribution in [0.25, 0.3) is 0 Å². The lowest BCUT2D eigenvalue weighted by Gasteiger charge is -2.33. The molecule has 2 amide bonds. The fourth-order valence-electron chi connectivity index (χ4n) is 4.24. The molecule has 1 atom stereocenters. The van der Waals surface area contributed by atoms with E-state index >= 15 is 0 Å². The average molecular weight is 422 g/mol. The normalized spacial score (nSPS) is 21.8. The topological polar surface area (TPSA) is 86.8 Å². The van der Waals surface area contributed by atoms with E-state index < -0.39 is 10.0 Å². The third-order valence-electron chi connectivity index (χ3n) is 5.98. The van der Waals surface area contributed by atoms with E-state index in [2.05, 4.69) is 5.32 Å². The molecule has 1 aromatic carbocycles. The van der Waals surface area contributed by atoms with Crippen LogP contribution >= 0.6 is 0 Å². The summed E-state index contributed by atoms with van der Waals surface area (Å²) in [7, 11) is -3.62. The smallest absolute Gasteiger partial charge is 0.254 e. The first kappa shape index (κ1) is 21.8. The van der Waals surface area contributed by atoms with E-state index in [0.29, 0.717) is 38.0 Å². The minimum Gasteiger partial charge on any atom is -0.353 e. The van der Waals surface area contributed by atoms with E-state index in [9.17, 15) is 18.0 Å². The highest BCUT2D eigenvalue weighted by atomic mass is 32.2. The fourth-order valence-corrected chi connectivity index (χ4v) is 5.97. The van der Waals surface area contributed by atoms with Gasteiger partial charge in [-0.2, -0.15) is 4.31 Å². The van der Waals surface area contributed by atoms with Gasteiger partial charge in [0.15, 0.2) is 0 Å². The molecule has 2 fully saturated rings. The van der Waals surface area contributed by atoms with Crippen LogP contribution in [0.3, 0.4) is 0 Å². The zero-order valence-electron chi connectivity index (χ0n) is 17.5. The van der Waals surface area contributed by atoms with Crippen molar-refractivity contribution in [2.45, 2.75) is 69.9 Å². The molecule has 2 heterocycles. The molecule has 2 aliphatic heterocycles. The molecule has 0 bridgehead atoms. The summed E-state index contributed by atoms with van der Waals surface area (Å²) < 4.78 is 27.9. The Hall–Kier alpha value is -1.93. The van der Waals surface area contributed by atoms with Crippen LogP contribution < -0.4 is 5.32 Å². The van der Waals surface area contributed by atoms with Gasteiger partial charge in [-0.05, 0) is 57.2 Å². The molecule has 2 saturated heterocycles. The van der Waals surface area contributed by atoms with Gasteiger partial charge in [0.05, 0.1) is 4.90 Å². The van der Waals surface area contributed by atoms with E-state index in [0.717, 1.165) is 24.8 Å². The van der Waals surface area contributed by atoms with Gasteiger partial charge in [-0.25, -0.2) is 8.42 Å². The van der Waals surface area contributed by atoms with Crippen LogP contribution in [0.4, 0.5) is 0 Å². The Labute approximate surface area is 173 Å². The molecule has 1 unspecified atom stereocenters. The van der Waals surface area contributed by atoms with Crippen molar-refractivity contribution in [2.75, 3.05) is 19.6 Å². The highest BCUT2D eigenvalue weighted by Gasteiger charge is 2.32. The van der Waals surface area contributed by atoms with Crippen molar-refractivity contribution in [2.24, 2.45) is 0 Å². The van der Waals surface area contributed by atoms with Crippen LogP contribution in [0.2, 0.25) is 0 Å². The van der Waals surface area contributed by atoms with Crippen LogP contribution in [0.5, 0.6) is 0 Å². The average Bonchev–Trinajstić information content (AvgIpc) is 2.68. The number of piperidine rings is 2. The number of likely N-dealkylation sites (tertiary alicyclic amines) is 1. The maximum atomic E-state index is 13.2. The van der Waals surface area contributed by atoms with Crippen molar-refractivity contribution in [3.63, 3.8) is 0 Å². The number of sulfonamides is 1. The second-order valence-corrected chi connectivity index (χ2v) is 10.1. The van der Waals surface area contributed by atoms with Crippen molar-refractivity contribution in [1.82, 2.24) is 14.5 Å². The Bertz CT molecular complexity index is 876. The lowest BCUT2D eigenvalue weighted by Crippen LogP contribution is -2.46. The fraction of sp³-hybridized carbons (Fsp3) is 0.619. The number of nitrogens with one attached hydrogen (secondary N) is 1. The quantitative estimate of drug-likeness (QED) is 0.808. The van der Waals surface area contributed by atoms with Crippen molar-refractivity contribution < 1.29 is 18.0 Å². The Balaban J connectivity index is 1.79. The number of carbonyl (C=O) groups is 2. The summed E-state index contributed by atoms with van der Waals surface area (Å²) in [5, 5.41) is 2.90. The van der Waals surface area contributed by atoms with Gasteiger partial charge in [0.1, 0.15) is 0 Å². The van der Waals surface area contributed by atoms with Gasteiger partial charge in [0.2, 0.25) is 15.9 Å². The van der Waals surface area contributed by atoms with Gasteiger partial charge in [-0.15, -0.1) is 0 Å². The Morgan fingerprint density at radius 1 is 1.07 bits per heavy atom. The molecule has 0 saturated carbocycles. The lowest BCUT2D eigenvalue weighted by atomic mass is 10.0. The zero-order valence-corrected chi connectivity index (χ0v) is 18.3. The van der Waals surface area contributed by atoms with Gasteiger partial charge in [-0.1, -0.05) is 12.5 Å². The maximum absolute atomic E-state index is 13.2. The van der Waals surface area contributed by atoms with E-state index in [1.54, 1.807) is 21.3 Å². The van der Waals surface area contributed by atoms with Crippen LogP contribution in [0, 0.1) is 6.92 Å². The number of carbonyl (C=O) groups excluding carboxylic acids is 2. The highest BCUT2D eigenvalue weighted by molar-refractivity contribution is 7.89. The number of rotatable bonds is 4. The number of aryl methyl sites for hydroxylation is 1. The second-order valence-electron chi connectivity index (χ2n) is 8.20. The Morgan fingerprint density at radius 3 is 2.38 bits per heavy atom. The third kappa shape index (κ3) is 4.80. The molecular weight excluding hydrogens is 390 g/mol. The second kappa shape index (κ2) is 8.83. The molecule has 1 N–H and O–H groups in total. The van der Waals surface area contributed by atoms with Crippen molar-refractivity contribution in [3.8, 4) is 0 Å². The van der Waals surface area contributed by atoms with Gasteiger partial charge in [0.25, 0.3) is 5.91 Å². The summed E-state index contributed by atoms with van der Waals surface area (Å²) in [5.74, 6) is -0.206. The van der Waals surface area contributed by atoms with Crippen LogP contribution in [0.15, 0.2) is 23.1 Å². The molecule has 7 nitrogen and oxygen atoms in total. The van der Waals surface area contributed by atoms with E-state index in [-0.39, 0.29) is 28.8 Å². The van der Waals surface area contributed by atoms with Gasteiger partial charge in [-0.3, -0.25) is 9.59 Å².